The molecular formula is C6H13I2NO3. The molecule has 0 rings (SSSR count). The molecule has 0 N–H and O–H groups in total. The van der Waals surface area contributed by atoms with E-state index in [0.717, 1.165) is 11.0 Å². The molecular weight excluding hydrogens is 388 g/mol. The summed E-state index contributed by atoms with van der Waals surface area (Å²) in [7, 11) is 1.59. The molecule has 0 unspecified atom stereocenters. The molecule has 0 bridgehead atoms. The van der Waals surface area contributed by atoms with Crippen LogP contribution in [0, 0.1) is 0 Å². The Balaban J connectivity index is 3.19. The SMILES string of the molecule is CON(CCI)OCCOCI. The molecule has 0 radical (unpaired) electrons. The van der Waals surface area contributed by atoms with Gasteiger partial charge in [-0.2, -0.15) is 0 Å². The fourth-order valence-corrected chi connectivity index (χ4v) is 1.24. The van der Waals surface area contributed by atoms with E-state index in [1.807, 2.05) is 0 Å². The van der Waals surface area contributed by atoms with E-state index in [-0.39, 0.29) is 0 Å². The summed E-state index contributed by atoms with van der Waals surface area (Å²) in [5, 5.41) is 1.46. The number of hydroxylamine groups is 2. The smallest absolute Gasteiger partial charge is 0.0980 e. The maximum atomic E-state index is 5.21. The molecule has 0 aliphatic heterocycles. The first-order chi connectivity index (χ1) is 5.85. The minimum atomic E-state index is 0.535. The summed E-state index contributed by atoms with van der Waals surface area (Å²) >= 11 is 4.41. The molecule has 0 aromatic rings. The van der Waals surface area contributed by atoms with Crippen LogP contribution in [0.4, 0.5) is 0 Å². The highest BCUT2D eigenvalue weighted by molar-refractivity contribution is 14.1. The van der Waals surface area contributed by atoms with Crippen molar-refractivity contribution in [3.8, 4) is 0 Å². The molecule has 0 heterocycles. The average Bonchev–Trinajstić information content (AvgIpc) is 2.10. The van der Waals surface area contributed by atoms with Crippen molar-refractivity contribution in [1.82, 2.24) is 5.23 Å². The number of rotatable bonds is 8. The monoisotopic (exact) mass is 401 g/mol. The van der Waals surface area contributed by atoms with Crippen LogP contribution < -0.4 is 0 Å². The Hall–Kier alpha value is 1.30. The molecule has 0 aliphatic carbocycles. The van der Waals surface area contributed by atoms with E-state index in [0.29, 0.717) is 17.8 Å². The lowest BCUT2D eigenvalue weighted by molar-refractivity contribution is -0.354. The van der Waals surface area contributed by atoms with Crippen molar-refractivity contribution in [3.63, 3.8) is 0 Å². The van der Waals surface area contributed by atoms with Crippen LogP contribution in [0.3, 0.4) is 0 Å². The predicted octanol–water partition coefficient (Wildman–Crippen LogP) is 1.63. The lowest BCUT2D eigenvalue weighted by atomic mass is 10.8. The number of hydrogen-bond donors (Lipinski definition) is 0. The Morgan fingerprint density at radius 1 is 1.25 bits per heavy atom. The maximum absolute atomic E-state index is 5.21. The summed E-state index contributed by atoms with van der Waals surface area (Å²) < 4.78 is 6.75. The van der Waals surface area contributed by atoms with Gasteiger partial charge in [0.25, 0.3) is 0 Å². The molecule has 6 heteroatoms. The molecule has 0 saturated heterocycles. The number of ether oxygens (including phenoxy) is 1. The first-order valence-electron chi connectivity index (χ1n) is 3.49. The summed E-state index contributed by atoms with van der Waals surface area (Å²) in [5.74, 6) is 0. The molecule has 0 spiro atoms. The van der Waals surface area contributed by atoms with Crippen LogP contribution in [-0.4, -0.2) is 41.1 Å². The average molecular weight is 401 g/mol. The number of halogens is 2. The fourth-order valence-electron chi connectivity index (χ4n) is 0.530. The third kappa shape index (κ3) is 7.92. The second-order valence-electron chi connectivity index (χ2n) is 1.78. The highest BCUT2D eigenvalue weighted by Crippen LogP contribution is 1.93. The zero-order valence-corrected chi connectivity index (χ0v) is 11.3. The van der Waals surface area contributed by atoms with Crippen molar-refractivity contribution >= 4 is 45.2 Å². The van der Waals surface area contributed by atoms with Gasteiger partial charge in [0.05, 0.1) is 31.5 Å². The second-order valence-corrected chi connectivity index (χ2v) is 3.48. The van der Waals surface area contributed by atoms with Gasteiger partial charge in [-0.1, -0.05) is 50.4 Å². The van der Waals surface area contributed by atoms with E-state index in [4.69, 9.17) is 14.4 Å². The maximum Gasteiger partial charge on any atom is 0.0980 e. The van der Waals surface area contributed by atoms with Crippen molar-refractivity contribution < 1.29 is 14.4 Å². The van der Waals surface area contributed by atoms with Crippen molar-refractivity contribution in [2.24, 2.45) is 0 Å². The molecule has 4 nitrogen and oxygen atoms in total. The fraction of sp³-hybridized carbons (Fsp3) is 1.00. The Kier molecular flexibility index (Phi) is 11.5. The molecule has 0 aromatic carbocycles. The zero-order chi connectivity index (χ0) is 9.23. The highest BCUT2D eigenvalue weighted by atomic mass is 127. The minimum absolute atomic E-state index is 0.535. The Morgan fingerprint density at radius 2 is 2.00 bits per heavy atom. The van der Waals surface area contributed by atoms with Crippen molar-refractivity contribution in [2.75, 3.05) is 35.9 Å². The zero-order valence-electron chi connectivity index (χ0n) is 6.96. The van der Waals surface area contributed by atoms with Crippen molar-refractivity contribution in [3.05, 3.63) is 0 Å². The molecule has 0 atom stereocenters. The first-order valence-corrected chi connectivity index (χ1v) is 6.54. The topological polar surface area (TPSA) is 30.9 Å². The summed E-state index contributed by atoms with van der Waals surface area (Å²) in [6.07, 6.45) is 0. The van der Waals surface area contributed by atoms with Gasteiger partial charge in [-0.15, -0.1) is 0 Å². The van der Waals surface area contributed by atoms with Crippen LogP contribution in [0.5, 0.6) is 0 Å². The number of nitrogens with zero attached hydrogens (tertiary/aromatic N) is 1. The lowest BCUT2D eigenvalue weighted by Crippen LogP contribution is -2.26. The van der Waals surface area contributed by atoms with E-state index in [9.17, 15) is 0 Å². The minimum Gasteiger partial charge on any atom is -0.369 e. The van der Waals surface area contributed by atoms with Gasteiger partial charge in [0.15, 0.2) is 0 Å². The Morgan fingerprint density at radius 3 is 2.50 bits per heavy atom. The molecule has 12 heavy (non-hydrogen) atoms. The predicted molar refractivity (Wildman–Crippen MR) is 63.4 cm³/mol. The third-order valence-electron chi connectivity index (χ3n) is 1.01. The summed E-state index contributed by atoms with van der Waals surface area (Å²) in [6, 6.07) is 0. The summed E-state index contributed by atoms with van der Waals surface area (Å²) in [6.45, 7) is 1.90. The molecule has 0 fully saturated rings. The van der Waals surface area contributed by atoms with Gasteiger partial charge < -0.3 is 4.74 Å². The van der Waals surface area contributed by atoms with E-state index in [1.54, 1.807) is 7.11 Å². The van der Waals surface area contributed by atoms with Crippen LogP contribution in [0.25, 0.3) is 0 Å². The molecule has 74 valence electrons. The van der Waals surface area contributed by atoms with Gasteiger partial charge in [0.2, 0.25) is 0 Å². The van der Waals surface area contributed by atoms with Gasteiger partial charge in [0.1, 0.15) is 0 Å². The van der Waals surface area contributed by atoms with Crippen LogP contribution >= 0.6 is 45.2 Å². The van der Waals surface area contributed by atoms with E-state index < -0.39 is 0 Å². The Bertz CT molecular complexity index is 96.9. The second kappa shape index (κ2) is 10.4. The molecule has 0 amide bonds. The standard InChI is InChI=1S/C6H13I2NO3/c1-10-9(3-2-7)12-5-4-11-6-8/h2-6H2,1H3. The van der Waals surface area contributed by atoms with Crippen LogP contribution in [0.1, 0.15) is 0 Å². The normalized spacial score (nSPS) is 11.0. The van der Waals surface area contributed by atoms with Crippen LogP contribution in [0.2, 0.25) is 0 Å². The van der Waals surface area contributed by atoms with Gasteiger partial charge in [-0.3, -0.25) is 9.68 Å². The molecule has 0 saturated carbocycles. The highest BCUT2D eigenvalue weighted by Gasteiger charge is 2.01. The van der Waals surface area contributed by atoms with Gasteiger partial charge in [-0.05, 0) is 0 Å². The van der Waals surface area contributed by atoms with Gasteiger partial charge in [-0.25, -0.2) is 0 Å². The number of alkyl halides is 2. The van der Waals surface area contributed by atoms with Crippen LogP contribution in [-0.2, 0) is 14.4 Å². The molecule has 0 aliphatic rings. The lowest BCUT2D eigenvalue weighted by Gasteiger charge is -2.17. The van der Waals surface area contributed by atoms with E-state index in [2.05, 4.69) is 45.2 Å². The first kappa shape index (κ1) is 13.3. The Labute approximate surface area is 100 Å². The molecule has 0 aromatic heterocycles. The number of hydrogen-bond acceptors (Lipinski definition) is 4. The largest absolute Gasteiger partial charge is 0.369 e. The van der Waals surface area contributed by atoms with Crippen LogP contribution in [0.15, 0.2) is 0 Å². The van der Waals surface area contributed by atoms with Crippen molar-refractivity contribution in [1.29, 1.82) is 0 Å². The quantitative estimate of drug-likeness (QED) is 0.268. The third-order valence-corrected chi connectivity index (χ3v) is 1.93. The summed E-state index contributed by atoms with van der Waals surface area (Å²) in [4.78, 5) is 10.1. The van der Waals surface area contributed by atoms with E-state index >= 15 is 0 Å². The summed E-state index contributed by atoms with van der Waals surface area (Å²) in [5.41, 5.74) is 0. The van der Waals surface area contributed by atoms with Gasteiger partial charge >= 0.3 is 0 Å². The van der Waals surface area contributed by atoms with Crippen molar-refractivity contribution in [2.45, 2.75) is 0 Å². The van der Waals surface area contributed by atoms with Gasteiger partial charge in [0, 0.05) is 4.43 Å². The van der Waals surface area contributed by atoms with E-state index in [1.165, 1.54) is 5.23 Å².